The number of aryl methyl sites for hydroxylation is 1. The maximum absolute atomic E-state index is 13.6. The number of nitrogens with zero attached hydrogens (tertiary/aromatic N) is 5. The molecule has 2 aromatic carbocycles. The van der Waals surface area contributed by atoms with Crippen LogP contribution < -0.4 is 10.5 Å². The molecule has 0 radical (unpaired) electrons. The first-order valence-electron chi connectivity index (χ1n) is 9.72. The van der Waals surface area contributed by atoms with Crippen LogP contribution in [0.3, 0.4) is 0 Å². The van der Waals surface area contributed by atoms with Gasteiger partial charge in [-0.05, 0) is 59.2 Å². The summed E-state index contributed by atoms with van der Waals surface area (Å²) in [6.07, 6.45) is 1.56. The first kappa shape index (κ1) is 19.6. The lowest BCUT2D eigenvalue weighted by molar-refractivity contribution is 0.310. The van der Waals surface area contributed by atoms with Crippen LogP contribution in [0.4, 0.5) is 14.6 Å². The molecule has 0 aliphatic heterocycles. The Morgan fingerprint density at radius 2 is 1.69 bits per heavy atom. The number of nitrogen functional groups attached to an aromatic ring is 1. The van der Waals surface area contributed by atoms with E-state index in [9.17, 15) is 8.78 Å². The van der Waals surface area contributed by atoms with E-state index in [1.165, 1.54) is 36.4 Å². The predicted octanol–water partition coefficient (Wildman–Crippen LogP) is 4.82. The lowest BCUT2D eigenvalue weighted by Gasteiger charge is -2.14. The monoisotopic (exact) mass is 434 g/mol. The van der Waals surface area contributed by atoms with Gasteiger partial charge in [0.05, 0.1) is 17.3 Å². The SMILES string of the molecule is CCn1c(-c2nonc2N)nc2cnc(Oc3ccc(F)cc3)c(-c3ccc(F)cc3)c21. The number of nitrogens with two attached hydrogens (primary N) is 1. The number of anilines is 1. The Morgan fingerprint density at radius 1 is 1.00 bits per heavy atom. The van der Waals surface area contributed by atoms with Gasteiger partial charge in [-0.1, -0.05) is 12.1 Å². The minimum atomic E-state index is -0.382. The van der Waals surface area contributed by atoms with Crippen molar-refractivity contribution in [1.82, 2.24) is 24.8 Å². The molecule has 0 unspecified atom stereocenters. The molecule has 0 aliphatic carbocycles. The van der Waals surface area contributed by atoms with Crippen LogP contribution >= 0.6 is 0 Å². The van der Waals surface area contributed by atoms with Crippen LogP contribution in [0.15, 0.2) is 59.4 Å². The Labute approximate surface area is 180 Å². The summed E-state index contributed by atoms with van der Waals surface area (Å²) in [4.78, 5) is 9.07. The summed E-state index contributed by atoms with van der Waals surface area (Å²) in [6.45, 7) is 2.44. The Bertz CT molecular complexity index is 1410. The molecule has 0 aliphatic rings. The van der Waals surface area contributed by atoms with Crippen LogP contribution in [-0.2, 0) is 6.54 Å². The molecule has 0 saturated carbocycles. The zero-order valence-electron chi connectivity index (χ0n) is 16.8. The largest absolute Gasteiger partial charge is 0.438 e. The summed E-state index contributed by atoms with van der Waals surface area (Å²) in [5.74, 6) is 0.449. The highest BCUT2D eigenvalue weighted by Gasteiger charge is 2.24. The van der Waals surface area contributed by atoms with E-state index < -0.39 is 0 Å². The number of halogens is 2. The number of hydrogen-bond donors (Lipinski definition) is 1. The van der Waals surface area contributed by atoms with Crippen molar-refractivity contribution in [3.05, 3.63) is 66.4 Å². The van der Waals surface area contributed by atoms with E-state index in [0.717, 1.165) is 0 Å². The van der Waals surface area contributed by atoms with Gasteiger partial charge >= 0.3 is 0 Å². The quantitative estimate of drug-likeness (QED) is 0.423. The number of benzene rings is 2. The Balaban J connectivity index is 1.78. The molecule has 0 amide bonds. The number of fused-ring (bicyclic) bond motifs is 1. The fraction of sp³-hybridized carbons (Fsp3) is 0.0909. The van der Waals surface area contributed by atoms with Gasteiger partial charge in [0.1, 0.15) is 22.9 Å². The second-order valence-electron chi connectivity index (χ2n) is 6.91. The molecule has 3 aromatic heterocycles. The Morgan fingerprint density at radius 3 is 2.31 bits per heavy atom. The summed E-state index contributed by atoms with van der Waals surface area (Å²) in [5.41, 5.74) is 8.68. The van der Waals surface area contributed by atoms with E-state index in [4.69, 9.17) is 15.1 Å². The molecule has 5 rings (SSSR count). The smallest absolute Gasteiger partial charge is 0.229 e. The molecule has 160 valence electrons. The first-order valence-corrected chi connectivity index (χ1v) is 9.72. The number of pyridine rings is 1. The van der Waals surface area contributed by atoms with E-state index in [-0.39, 0.29) is 23.3 Å². The molecule has 3 heterocycles. The second kappa shape index (κ2) is 7.73. The number of aromatic nitrogens is 5. The maximum Gasteiger partial charge on any atom is 0.229 e. The highest BCUT2D eigenvalue weighted by molar-refractivity contribution is 5.96. The van der Waals surface area contributed by atoms with Gasteiger partial charge in [-0.15, -0.1) is 0 Å². The van der Waals surface area contributed by atoms with Gasteiger partial charge in [0, 0.05) is 6.54 Å². The average molecular weight is 434 g/mol. The minimum absolute atomic E-state index is 0.106. The summed E-state index contributed by atoms with van der Waals surface area (Å²) >= 11 is 0. The van der Waals surface area contributed by atoms with Gasteiger partial charge in [-0.2, -0.15) is 0 Å². The molecular formula is C22H16F2N6O2. The van der Waals surface area contributed by atoms with E-state index in [0.29, 0.717) is 46.0 Å². The van der Waals surface area contributed by atoms with Gasteiger partial charge in [-0.3, -0.25) is 0 Å². The molecule has 32 heavy (non-hydrogen) atoms. The van der Waals surface area contributed by atoms with Crippen LogP contribution in [0.1, 0.15) is 6.92 Å². The molecule has 0 bridgehead atoms. The van der Waals surface area contributed by atoms with Crippen molar-refractivity contribution < 1.29 is 18.1 Å². The Hall–Kier alpha value is -4.34. The molecule has 8 nitrogen and oxygen atoms in total. The van der Waals surface area contributed by atoms with Crippen molar-refractivity contribution in [2.24, 2.45) is 0 Å². The molecule has 0 saturated heterocycles. The van der Waals surface area contributed by atoms with Gasteiger partial charge in [0.25, 0.3) is 0 Å². The summed E-state index contributed by atoms with van der Waals surface area (Å²) in [5, 5.41) is 7.51. The van der Waals surface area contributed by atoms with Crippen molar-refractivity contribution >= 4 is 16.9 Å². The standard InChI is InChI=1S/C22H16F2N6O2/c1-2-30-19-16(27-21(30)18-20(25)29-32-28-18)11-26-22(31-15-9-7-14(24)8-10-15)17(19)12-3-5-13(23)6-4-12/h3-11H,2H2,1H3,(H2,25,29). The molecule has 0 spiro atoms. The third-order valence-corrected chi connectivity index (χ3v) is 4.95. The number of ether oxygens (including phenoxy) is 1. The van der Waals surface area contributed by atoms with Crippen LogP contribution in [0, 0.1) is 11.6 Å². The third-order valence-electron chi connectivity index (χ3n) is 4.95. The second-order valence-corrected chi connectivity index (χ2v) is 6.91. The van der Waals surface area contributed by atoms with Crippen LogP contribution in [-0.4, -0.2) is 24.8 Å². The lowest BCUT2D eigenvalue weighted by Crippen LogP contribution is -2.02. The zero-order valence-corrected chi connectivity index (χ0v) is 16.8. The van der Waals surface area contributed by atoms with Crippen LogP contribution in [0.25, 0.3) is 33.7 Å². The molecular weight excluding hydrogens is 418 g/mol. The van der Waals surface area contributed by atoms with Gasteiger partial charge in [0.2, 0.25) is 5.88 Å². The fourth-order valence-electron chi connectivity index (χ4n) is 3.52. The molecule has 0 fully saturated rings. The van der Waals surface area contributed by atoms with Crippen LogP contribution in [0.2, 0.25) is 0 Å². The molecule has 10 heteroatoms. The third kappa shape index (κ3) is 3.31. The fourth-order valence-corrected chi connectivity index (χ4v) is 3.52. The molecule has 2 N–H and O–H groups in total. The van der Waals surface area contributed by atoms with Crippen molar-refractivity contribution in [1.29, 1.82) is 0 Å². The van der Waals surface area contributed by atoms with E-state index in [1.54, 1.807) is 18.3 Å². The first-order chi connectivity index (χ1) is 15.5. The van der Waals surface area contributed by atoms with Crippen molar-refractivity contribution in [2.75, 3.05) is 5.73 Å². The highest BCUT2D eigenvalue weighted by Crippen LogP contribution is 2.39. The number of imidazole rings is 1. The summed E-state index contributed by atoms with van der Waals surface area (Å²) < 4.78 is 39.6. The van der Waals surface area contributed by atoms with Crippen molar-refractivity contribution in [2.45, 2.75) is 13.5 Å². The molecule has 5 aromatic rings. The minimum Gasteiger partial charge on any atom is -0.438 e. The predicted molar refractivity (Wildman–Crippen MR) is 113 cm³/mol. The summed E-state index contributed by atoms with van der Waals surface area (Å²) in [6, 6.07) is 11.5. The van der Waals surface area contributed by atoms with E-state index in [1.807, 2.05) is 11.5 Å². The van der Waals surface area contributed by atoms with E-state index >= 15 is 0 Å². The lowest BCUT2D eigenvalue weighted by atomic mass is 10.1. The Kier molecular flexibility index (Phi) is 4.74. The van der Waals surface area contributed by atoms with Crippen molar-refractivity contribution in [3.63, 3.8) is 0 Å². The van der Waals surface area contributed by atoms with Crippen LogP contribution in [0.5, 0.6) is 11.6 Å². The zero-order chi connectivity index (χ0) is 22.2. The van der Waals surface area contributed by atoms with Gasteiger partial charge < -0.3 is 15.0 Å². The average Bonchev–Trinajstić information content (AvgIpc) is 3.38. The normalized spacial score (nSPS) is 11.2. The van der Waals surface area contributed by atoms with Crippen molar-refractivity contribution in [3.8, 4) is 34.3 Å². The molecule has 0 atom stereocenters. The number of rotatable bonds is 5. The topological polar surface area (TPSA) is 105 Å². The summed E-state index contributed by atoms with van der Waals surface area (Å²) in [7, 11) is 0. The van der Waals surface area contributed by atoms with Gasteiger partial charge in [-0.25, -0.2) is 23.4 Å². The van der Waals surface area contributed by atoms with E-state index in [2.05, 4.69) is 20.3 Å². The maximum atomic E-state index is 13.6. The van der Waals surface area contributed by atoms with Gasteiger partial charge in [0.15, 0.2) is 17.3 Å². The number of hydrogen-bond acceptors (Lipinski definition) is 7. The highest BCUT2D eigenvalue weighted by atomic mass is 19.1.